The quantitative estimate of drug-likeness (QED) is 0.775. The topological polar surface area (TPSA) is 45.2 Å². The Bertz CT molecular complexity index is 291. The number of rotatable bonds is 4. The molecular formula is C10H15FN2O. The molecule has 0 saturated heterocycles. The lowest BCUT2D eigenvalue weighted by Gasteiger charge is -2.20. The summed E-state index contributed by atoms with van der Waals surface area (Å²) in [5, 5.41) is 12.2. The lowest BCUT2D eigenvalue weighted by atomic mass is 10.1. The number of nitrogens with one attached hydrogen (secondary N) is 1. The summed E-state index contributed by atoms with van der Waals surface area (Å²) >= 11 is 0. The van der Waals surface area contributed by atoms with Crippen molar-refractivity contribution in [2.45, 2.75) is 32.4 Å². The van der Waals surface area contributed by atoms with Crippen molar-refractivity contribution in [3.63, 3.8) is 0 Å². The van der Waals surface area contributed by atoms with Crippen molar-refractivity contribution < 1.29 is 9.50 Å². The molecule has 0 aliphatic heterocycles. The first kappa shape index (κ1) is 10.9. The largest absolute Gasteiger partial charge is 0.391 e. The van der Waals surface area contributed by atoms with Crippen LogP contribution in [0.2, 0.25) is 0 Å². The van der Waals surface area contributed by atoms with E-state index in [2.05, 4.69) is 10.3 Å². The molecule has 2 atom stereocenters. The van der Waals surface area contributed by atoms with Gasteiger partial charge in [0.1, 0.15) is 0 Å². The Balaban J connectivity index is 2.72. The fourth-order valence-electron chi connectivity index (χ4n) is 1.23. The zero-order chi connectivity index (χ0) is 10.6. The third-order valence-corrected chi connectivity index (χ3v) is 2.10. The number of pyridine rings is 1. The molecule has 1 heterocycles. The molecule has 0 bridgehead atoms. The third kappa shape index (κ3) is 2.67. The van der Waals surface area contributed by atoms with Crippen molar-refractivity contribution in [3.8, 4) is 0 Å². The van der Waals surface area contributed by atoms with E-state index in [4.69, 9.17) is 0 Å². The zero-order valence-electron chi connectivity index (χ0n) is 8.37. The minimum Gasteiger partial charge on any atom is -0.391 e. The number of nitrogens with zero attached hydrogens (tertiary/aromatic N) is 1. The molecule has 0 aliphatic rings. The molecule has 0 aromatic carbocycles. The first-order chi connectivity index (χ1) is 6.65. The lowest BCUT2D eigenvalue weighted by molar-refractivity contribution is 0.169. The summed E-state index contributed by atoms with van der Waals surface area (Å²) in [5.74, 6) is -0.202. The van der Waals surface area contributed by atoms with E-state index >= 15 is 0 Å². The molecule has 0 spiro atoms. The van der Waals surface area contributed by atoms with Gasteiger partial charge in [0.2, 0.25) is 0 Å². The van der Waals surface area contributed by atoms with Crippen LogP contribution in [0.25, 0.3) is 0 Å². The van der Waals surface area contributed by atoms with Gasteiger partial charge in [-0.05, 0) is 25.5 Å². The summed E-state index contributed by atoms with van der Waals surface area (Å²) in [4.78, 5) is 3.85. The number of aliphatic hydroxyl groups is 1. The van der Waals surface area contributed by atoms with Crippen LogP contribution in [0.1, 0.15) is 20.3 Å². The maximum atomic E-state index is 13.1. The summed E-state index contributed by atoms with van der Waals surface area (Å²) in [6, 6.07) is 2.70. The molecule has 78 valence electrons. The highest BCUT2D eigenvalue weighted by molar-refractivity contribution is 5.36. The van der Waals surface area contributed by atoms with E-state index < -0.39 is 11.9 Å². The molecule has 0 aliphatic carbocycles. The van der Waals surface area contributed by atoms with Crippen LogP contribution >= 0.6 is 0 Å². The van der Waals surface area contributed by atoms with Gasteiger partial charge >= 0.3 is 0 Å². The second-order valence-electron chi connectivity index (χ2n) is 3.23. The monoisotopic (exact) mass is 198 g/mol. The van der Waals surface area contributed by atoms with Gasteiger partial charge in [0.25, 0.3) is 0 Å². The highest BCUT2D eigenvalue weighted by Gasteiger charge is 2.14. The molecule has 0 saturated carbocycles. The van der Waals surface area contributed by atoms with Crippen LogP contribution in [0, 0.1) is 5.82 Å². The normalized spacial score (nSPS) is 14.9. The predicted molar refractivity (Wildman–Crippen MR) is 53.6 cm³/mol. The molecule has 4 heteroatoms. The number of aromatic nitrogens is 1. The fraction of sp³-hybridized carbons (Fsp3) is 0.500. The van der Waals surface area contributed by atoms with E-state index in [1.54, 1.807) is 6.92 Å². The Labute approximate surface area is 83.0 Å². The highest BCUT2D eigenvalue weighted by Crippen LogP contribution is 2.12. The van der Waals surface area contributed by atoms with E-state index in [1.807, 2.05) is 6.92 Å². The molecule has 1 rings (SSSR count). The van der Waals surface area contributed by atoms with E-state index in [0.29, 0.717) is 6.42 Å². The standard InChI is InChI=1S/C10H15FN2O/c1-3-9(7(2)14)13-10-8(11)5-4-6-12-10/h4-7,9,14H,3H2,1-2H3,(H,12,13). The van der Waals surface area contributed by atoms with Crippen molar-refractivity contribution in [3.05, 3.63) is 24.1 Å². The molecule has 1 aromatic heterocycles. The summed E-state index contributed by atoms with van der Waals surface area (Å²) in [5.41, 5.74) is 0. The van der Waals surface area contributed by atoms with Gasteiger partial charge in [-0.1, -0.05) is 6.92 Å². The van der Waals surface area contributed by atoms with Crippen molar-refractivity contribution in [1.82, 2.24) is 4.98 Å². The highest BCUT2D eigenvalue weighted by atomic mass is 19.1. The summed E-state index contributed by atoms with van der Waals surface area (Å²) in [6.07, 6.45) is 1.70. The molecule has 1 aromatic rings. The van der Waals surface area contributed by atoms with Crippen LogP contribution in [0.4, 0.5) is 10.2 Å². The molecule has 2 unspecified atom stereocenters. The van der Waals surface area contributed by atoms with Crippen LogP contribution in [-0.4, -0.2) is 22.2 Å². The first-order valence-electron chi connectivity index (χ1n) is 4.70. The predicted octanol–water partition coefficient (Wildman–Crippen LogP) is 1.79. The van der Waals surface area contributed by atoms with Gasteiger partial charge in [0.05, 0.1) is 12.1 Å². The molecular weight excluding hydrogens is 183 g/mol. The Morgan fingerprint density at radius 3 is 2.86 bits per heavy atom. The summed E-state index contributed by atoms with van der Waals surface area (Å²) in [6.45, 7) is 3.59. The van der Waals surface area contributed by atoms with Crippen LogP contribution < -0.4 is 5.32 Å². The number of halogens is 1. The maximum absolute atomic E-state index is 13.1. The Morgan fingerprint density at radius 1 is 1.64 bits per heavy atom. The van der Waals surface area contributed by atoms with Gasteiger partial charge in [-0.3, -0.25) is 0 Å². The molecule has 0 amide bonds. The van der Waals surface area contributed by atoms with E-state index in [0.717, 1.165) is 0 Å². The molecule has 2 N–H and O–H groups in total. The average Bonchev–Trinajstić information content (AvgIpc) is 2.16. The second-order valence-corrected chi connectivity index (χ2v) is 3.23. The number of hydrogen-bond donors (Lipinski definition) is 2. The SMILES string of the molecule is CCC(Nc1ncccc1F)C(C)O. The van der Waals surface area contributed by atoms with Crippen molar-refractivity contribution in [1.29, 1.82) is 0 Å². The second kappa shape index (κ2) is 4.91. The average molecular weight is 198 g/mol. The van der Waals surface area contributed by atoms with Crippen LogP contribution in [-0.2, 0) is 0 Å². The van der Waals surface area contributed by atoms with Crippen LogP contribution in [0.5, 0.6) is 0 Å². The van der Waals surface area contributed by atoms with Crippen molar-refractivity contribution in [2.75, 3.05) is 5.32 Å². The van der Waals surface area contributed by atoms with Gasteiger partial charge in [-0.25, -0.2) is 9.37 Å². The van der Waals surface area contributed by atoms with Gasteiger partial charge in [0, 0.05) is 6.20 Å². The van der Waals surface area contributed by atoms with Crippen LogP contribution in [0.15, 0.2) is 18.3 Å². The molecule has 14 heavy (non-hydrogen) atoms. The Hall–Kier alpha value is -1.16. The summed E-state index contributed by atoms with van der Waals surface area (Å²) in [7, 11) is 0. The lowest BCUT2D eigenvalue weighted by Crippen LogP contribution is -2.31. The number of anilines is 1. The van der Waals surface area contributed by atoms with Crippen molar-refractivity contribution >= 4 is 5.82 Å². The van der Waals surface area contributed by atoms with Gasteiger partial charge in [-0.2, -0.15) is 0 Å². The van der Waals surface area contributed by atoms with Gasteiger partial charge in [-0.15, -0.1) is 0 Å². The minimum absolute atomic E-state index is 0.167. The Kier molecular flexibility index (Phi) is 3.83. The van der Waals surface area contributed by atoms with Crippen molar-refractivity contribution in [2.24, 2.45) is 0 Å². The Morgan fingerprint density at radius 2 is 2.36 bits per heavy atom. The summed E-state index contributed by atoms with van der Waals surface area (Å²) < 4.78 is 13.1. The third-order valence-electron chi connectivity index (χ3n) is 2.10. The minimum atomic E-state index is -0.526. The van der Waals surface area contributed by atoms with Gasteiger partial charge < -0.3 is 10.4 Å². The van der Waals surface area contributed by atoms with E-state index in [1.165, 1.54) is 18.3 Å². The molecule has 0 fully saturated rings. The molecule has 0 radical (unpaired) electrons. The maximum Gasteiger partial charge on any atom is 0.165 e. The first-order valence-corrected chi connectivity index (χ1v) is 4.70. The van der Waals surface area contributed by atoms with E-state index in [-0.39, 0.29) is 11.9 Å². The zero-order valence-corrected chi connectivity index (χ0v) is 8.37. The van der Waals surface area contributed by atoms with Gasteiger partial charge in [0.15, 0.2) is 11.6 Å². The number of hydrogen-bond acceptors (Lipinski definition) is 3. The van der Waals surface area contributed by atoms with Crippen LogP contribution in [0.3, 0.4) is 0 Å². The fourth-order valence-corrected chi connectivity index (χ4v) is 1.23. The number of aliphatic hydroxyl groups excluding tert-OH is 1. The van der Waals surface area contributed by atoms with E-state index in [9.17, 15) is 9.50 Å². The smallest absolute Gasteiger partial charge is 0.165 e. The molecule has 3 nitrogen and oxygen atoms in total.